The number of hydrogen-bond donors (Lipinski definition) is 1. The predicted molar refractivity (Wildman–Crippen MR) is 85.8 cm³/mol. The van der Waals surface area contributed by atoms with Crippen molar-refractivity contribution in [2.75, 3.05) is 13.1 Å². The molecule has 1 aliphatic rings. The second-order valence-corrected chi connectivity index (χ2v) is 7.44. The number of carboxylic acids is 1. The second kappa shape index (κ2) is 5.45. The summed E-state index contributed by atoms with van der Waals surface area (Å²) in [6.45, 7) is 14.2. The SMILES string of the molecule is Cc1cc(C)c([C@@H]2CN(C(C)(C)C)C[C@H]2C(=O)O)c(C)c1. The molecule has 0 amide bonds. The molecule has 21 heavy (non-hydrogen) atoms. The number of carbonyl (C=O) groups is 1. The van der Waals surface area contributed by atoms with Crippen LogP contribution < -0.4 is 0 Å². The largest absolute Gasteiger partial charge is 0.481 e. The van der Waals surface area contributed by atoms with Gasteiger partial charge in [0.25, 0.3) is 0 Å². The van der Waals surface area contributed by atoms with Gasteiger partial charge >= 0.3 is 5.97 Å². The molecule has 0 spiro atoms. The third-order valence-corrected chi connectivity index (χ3v) is 4.69. The molecule has 0 unspecified atom stereocenters. The van der Waals surface area contributed by atoms with E-state index in [4.69, 9.17) is 0 Å². The molecule has 0 saturated carbocycles. The minimum atomic E-state index is -0.675. The summed E-state index contributed by atoms with van der Waals surface area (Å²) in [7, 11) is 0. The smallest absolute Gasteiger partial charge is 0.308 e. The first kappa shape index (κ1) is 16.0. The Morgan fingerprint density at radius 3 is 2.10 bits per heavy atom. The molecule has 0 aliphatic carbocycles. The van der Waals surface area contributed by atoms with Gasteiger partial charge < -0.3 is 5.11 Å². The van der Waals surface area contributed by atoms with Gasteiger partial charge in [-0.1, -0.05) is 17.7 Å². The van der Waals surface area contributed by atoms with E-state index in [0.717, 1.165) is 6.54 Å². The molecule has 1 saturated heterocycles. The first-order chi connectivity index (χ1) is 9.61. The van der Waals surface area contributed by atoms with E-state index in [1.165, 1.54) is 22.3 Å². The standard InChI is InChI=1S/C18H27NO2/c1-11-7-12(2)16(13(3)8-11)14-9-19(18(4,5)6)10-15(14)17(20)21/h7-8,14-15H,9-10H2,1-6H3,(H,20,21)/t14-,15-/m1/s1. The Balaban J connectivity index is 2.44. The lowest BCUT2D eigenvalue weighted by molar-refractivity contribution is -0.141. The van der Waals surface area contributed by atoms with Crippen LogP contribution in [0.2, 0.25) is 0 Å². The number of hydrogen-bond acceptors (Lipinski definition) is 2. The number of carboxylic acid groups (broad SMARTS) is 1. The van der Waals surface area contributed by atoms with E-state index >= 15 is 0 Å². The Kier molecular flexibility index (Phi) is 4.16. The van der Waals surface area contributed by atoms with Crippen molar-refractivity contribution >= 4 is 5.97 Å². The van der Waals surface area contributed by atoms with Gasteiger partial charge in [-0.2, -0.15) is 0 Å². The van der Waals surface area contributed by atoms with Gasteiger partial charge in [0.15, 0.2) is 0 Å². The van der Waals surface area contributed by atoms with Crippen LogP contribution in [0.3, 0.4) is 0 Å². The predicted octanol–water partition coefficient (Wildman–Crippen LogP) is 3.51. The Bertz CT molecular complexity index is 534. The monoisotopic (exact) mass is 289 g/mol. The number of aliphatic carboxylic acids is 1. The van der Waals surface area contributed by atoms with Crippen molar-refractivity contribution in [2.45, 2.75) is 53.0 Å². The van der Waals surface area contributed by atoms with Gasteiger partial charge in [-0.15, -0.1) is 0 Å². The Hall–Kier alpha value is -1.35. The maximum atomic E-state index is 11.7. The molecule has 0 bridgehead atoms. The summed E-state index contributed by atoms with van der Waals surface area (Å²) in [5.74, 6) is -0.905. The number of rotatable bonds is 2. The number of nitrogens with zero attached hydrogens (tertiary/aromatic N) is 1. The van der Waals surface area contributed by atoms with Crippen LogP contribution in [0, 0.1) is 26.7 Å². The van der Waals surface area contributed by atoms with Crippen LogP contribution in [0.4, 0.5) is 0 Å². The fourth-order valence-corrected chi connectivity index (χ4v) is 3.67. The number of likely N-dealkylation sites (tertiary alicyclic amines) is 1. The van der Waals surface area contributed by atoms with Crippen LogP contribution >= 0.6 is 0 Å². The third-order valence-electron chi connectivity index (χ3n) is 4.69. The zero-order valence-electron chi connectivity index (χ0n) is 14.0. The summed E-state index contributed by atoms with van der Waals surface area (Å²) in [5.41, 5.74) is 4.93. The molecule has 2 atom stereocenters. The van der Waals surface area contributed by atoms with Crippen LogP contribution in [-0.2, 0) is 4.79 Å². The van der Waals surface area contributed by atoms with Crippen molar-refractivity contribution in [3.63, 3.8) is 0 Å². The summed E-state index contributed by atoms with van der Waals surface area (Å²) < 4.78 is 0. The molecule has 1 aromatic carbocycles. The van der Waals surface area contributed by atoms with Crippen molar-refractivity contribution in [2.24, 2.45) is 5.92 Å². The Labute approximate surface area is 128 Å². The van der Waals surface area contributed by atoms with Gasteiger partial charge in [0.05, 0.1) is 5.92 Å². The molecule has 3 heteroatoms. The maximum Gasteiger partial charge on any atom is 0.308 e. The van der Waals surface area contributed by atoms with Gasteiger partial charge in [-0.3, -0.25) is 9.69 Å². The molecule has 116 valence electrons. The second-order valence-electron chi connectivity index (χ2n) is 7.44. The van der Waals surface area contributed by atoms with E-state index in [-0.39, 0.29) is 17.4 Å². The van der Waals surface area contributed by atoms with Crippen LogP contribution in [-0.4, -0.2) is 34.6 Å². The average Bonchev–Trinajstić information content (AvgIpc) is 2.71. The molecule has 2 rings (SSSR count). The molecule has 0 aromatic heterocycles. The van der Waals surface area contributed by atoms with Crippen LogP contribution in [0.1, 0.15) is 48.9 Å². The molecule has 1 heterocycles. The van der Waals surface area contributed by atoms with E-state index in [1.807, 2.05) is 0 Å². The number of benzene rings is 1. The Morgan fingerprint density at radius 1 is 1.14 bits per heavy atom. The molecule has 0 radical (unpaired) electrons. The maximum absolute atomic E-state index is 11.7. The van der Waals surface area contributed by atoms with E-state index in [9.17, 15) is 9.90 Å². The molecule has 1 aromatic rings. The van der Waals surface area contributed by atoms with Crippen LogP contribution in [0.25, 0.3) is 0 Å². The zero-order chi connectivity index (χ0) is 15.9. The van der Waals surface area contributed by atoms with E-state index in [0.29, 0.717) is 6.54 Å². The average molecular weight is 289 g/mol. The van der Waals surface area contributed by atoms with Gasteiger partial charge in [0, 0.05) is 24.5 Å². The van der Waals surface area contributed by atoms with E-state index < -0.39 is 5.97 Å². The van der Waals surface area contributed by atoms with Crippen LogP contribution in [0.5, 0.6) is 0 Å². The fraction of sp³-hybridized carbons (Fsp3) is 0.611. The topological polar surface area (TPSA) is 40.5 Å². The lowest BCUT2D eigenvalue weighted by Crippen LogP contribution is -2.40. The van der Waals surface area contributed by atoms with Crippen molar-refractivity contribution in [3.05, 3.63) is 34.4 Å². The van der Waals surface area contributed by atoms with Gasteiger partial charge in [0.1, 0.15) is 0 Å². The third kappa shape index (κ3) is 3.13. The normalized spacial score (nSPS) is 23.5. The first-order valence-electron chi connectivity index (χ1n) is 7.67. The van der Waals surface area contributed by atoms with Crippen molar-refractivity contribution in [3.8, 4) is 0 Å². The molecular weight excluding hydrogens is 262 g/mol. The molecular formula is C18H27NO2. The summed E-state index contributed by atoms with van der Waals surface area (Å²) in [5, 5.41) is 9.64. The van der Waals surface area contributed by atoms with Crippen molar-refractivity contribution in [1.82, 2.24) is 4.90 Å². The fourth-order valence-electron chi connectivity index (χ4n) is 3.67. The highest BCUT2D eigenvalue weighted by molar-refractivity contribution is 5.72. The molecule has 1 aliphatic heterocycles. The lowest BCUT2D eigenvalue weighted by atomic mass is 9.83. The highest BCUT2D eigenvalue weighted by Gasteiger charge is 2.42. The summed E-state index contributed by atoms with van der Waals surface area (Å²) in [4.78, 5) is 14.0. The molecule has 3 nitrogen and oxygen atoms in total. The molecule has 1 N–H and O–H groups in total. The summed E-state index contributed by atoms with van der Waals surface area (Å²) in [6.07, 6.45) is 0. The zero-order valence-corrected chi connectivity index (χ0v) is 14.0. The van der Waals surface area contributed by atoms with Crippen LogP contribution in [0.15, 0.2) is 12.1 Å². The minimum absolute atomic E-state index is 0.00889. The van der Waals surface area contributed by atoms with Gasteiger partial charge in [0.2, 0.25) is 0 Å². The highest BCUT2D eigenvalue weighted by atomic mass is 16.4. The first-order valence-corrected chi connectivity index (χ1v) is 7.67. The Morgan fingerprint density at radius 2 is 1.67 bits per heavy atom. The summed E-state index contributed by atoms with van der Waals surface area (Å²) >= 11 is 0. The van der Waals surface area contributed by atoms with Crippen molar-refractivity contribution < 1.29 is 9.90 Å². The quantitative estimate of drug-likeness (QED) is 0.905. The summed E-state index contributed by atoms with van der Waals surface area (Å²) in [6, 6.07) is 4.34. The molecule has 1 fully saturated rings. The van der Waals surface area contributed by atoms with E-state index in [2.05, 4.69) is 58.6 Å². The highest BCUT2D eigenvalue weighted by Crippen LogP contribution is 2.39. The van der Waals surface area contributed by atoms with E-state index in [1.54, 1.807) is 0 Å². The van der Waals surface area contributed by atoms with Crippen molar-refractivity contribution in [1.29, 1.82) is 0 Å². The van der Waals surface area contributed by atoms with Gasteiger partial charge in [-0.25, -0.2) is 0 Å². The van der Waals surface area contributed by atoms with Gasteiger partial charge in [-0.05, 0) is 58.2 Å². The number of aryl methyl sites for hydroxylation is 3. The minimum Gasteiger partial charge on any atom is -0.481 e. The lowest BCUT2D eigenvalue weighted by Gasteiger charge is -2.32.